The second kappa shape index (κ2) is 7.76. The zero-order valence-corrected chi connectivity index (χ0v) is 14.4. The molecule has 128 valence electrons. The van der Waals surface area contributed by atoms with Gasteiger partial charge in [0.1, 0.15) is 0 Å². The molecule has 2 aromatic rings. The minimum absolute atomic E-state index is 0.00380. The van der Waals surface area contributed by atoms with Crippen LogP contribution in [0.5, 0.6) is 0 Å². The average Bonchev–Trinajstić information content (AvgIpc) is 2.60. The van der Waals surface area contributed by atoms with Crippen molar-refractivity contribution in [3.8, 4) is 0 Å². The third-order valence-electron chi connectivity index (χ3n) is 3.39. The van der Waals surface area contributed by atoms with Crippen LogP contribution in [0.4, 0.5) is 0 Å². The first kappa shape index (κ1) is 18.4. The largest absolute Gasteiger partial charge is 0.387 e. The quantitative estimate of drug-likeness (QED) is 0.723. The van der Waals surface area contributed by atoms with E-state index >= 15 is 0 Å². The molecule has 0 bridgehead atoms. The lowest BCUT2D eigenvalue weighted by Crippen LogP contribution is -2.28. The first-order valence-corrected chi connectivity index (χ1v) is 8.95. The van der Waals surface area contributed by atoms with Gasteiger partial charge in [-0.2, -0.15) is 0 Å². The van der Waals surface area contributed by atoms with Gasteiger partial charge in [-0.25, -0.2) is 13.1 Å². The van der Waals surface area contributed by atoms with Gasteiger partial charge >= 0.3 is 0 Å². The molecule has 24 heavy (non-hydrogen) atoms. The van der Waals surface area contributed by atoms with Crippen molar-refractivity contribution < 1.29 is 18.3 Å². The van der Waals surface area contributed by atoms with Crippen molar-refractivity contribution in [2.45, 2.75) is 11.0 Å². The van der Waals surface area contributed by atoms with E-state index in [1.807, 2.05) is 0 Å². The lowest BCUT2D eigenvalue weighted by molar-refractivity contribution is 0.0916. The van der Waals surface area contributed by atoms with Crippen molar-refractivity contribution in [1.29, 1.82) is 0 Å². The molecule has 2 rings (SSSR count). The molecular formula is C16H17ClN2O4S. The zero-order chi connectivity index (χ0) is 17.7. The molecule has 3 N–H and O–H groups in total. The maximum Gasteiger partial charge on any atom is 0.251 e. The highest BCUT2D eigenvalue weighted by Crippen LogP contribution is 2.16. The maximum atomic E-state index is 12.1. The van der Waals surface area contributed by atoms with E-state index in [1.54, 1.807) is 24.3 Å². The standard InChI is InChI=1S/C16H17ClN2O4S/c1-18-24(22,23)14-4-2-3-12(9-14)16(21)19-10-15(20)11-5-7-13(17)8-6-11/h2-9,15,18,20H,10H2,1H3,(H,19,21)/t15-/m1/s1. The Hall–Kier alpha value is -1.93. The summed E-state index contributed by atoms with van der Waals surface area (Å²) in [6.07, 6.45) is -0.893. The molecule has 0 aliphatic heterocycles. The molecule has 0 aliphatic carbocycles. The van der Waals surface area contributed by atoms with E-state index in [0.29, 0.717) is 10.6 Å². The van der Waals surface area contributed by atoms with Gasteiger partial charge in [-0.1, -0.05) is 29.8 Å². The van der Waals surface area contributed by atoms with Crippen LogP contribution in [0.3, 0.4) is 0 Å². The lowest BCUT2D eigenvalue weighted by Gasteiger charge is -2.13. The highest BCUT2D eigenvalue weighted by atomic mass is 35.5. The van der Waals surface area contributed by atoms with Crippen LogP contribution in [0.25, 0.3) is 0 Å². The van der Waals surface area contributed by atoms with E-state index < -0.39 is 22.0 Å². The van der Waals surface area contributed by atoms with Gasteiger partial charge in [-0.05, 0) is 42.9 Å². The summed E-state index contributed by atoms with van der Waals surface area (Å²) in [7, 11) is -2.33. The Morgan fingerprint density at radius 1 is 1.21 bits per heavy atom. The Morgan fingerprint density at radius 3 is 2.50 bits per heavy atom. The molecule has 0 radical (unpaired) electrons. The number of hydrogen-bond donors (Lipinski definition) is 3. The smallest absolute Gasteiger partial charge is 0.251 e. The van der Waals surface area contributed by atoms with Crippen LogP contribution in [0.1, 0.15) is 22.0 Å². The van der Waals surface area contributed by atoms with E-state index in [9.17, 15) is 18.3 Å². The van der Waals surface area contributed by atoms with Crippen molar-refractivity contribution in [3.63, 3.8) is 0 Å². The summed E-state index contributed by atoms with van der Waals surface area (Å²) in [6, 6.07) is 12.3. The van der Waals surface area contributed by atoms with Crippen molar-refractivity contribution in [1.82, 2.24) is 10.0 Å². The molecule has 1 amide bonds. The molecule has 0 saturated heterocycles. The Kier molecular flexibility index (Phi) is 5.95. The van der Waals surface area contributed by atoms with Crippen molar-refractivity contribution in [2.24, 2.45) is 0 Å². The maximum absolute atomic E-state index is 12.1. The van der Waals surface area contributed by atoms with E-state index in [0.717, 1.165) is 0 Å². The Labute approximate surface area is 145 Å². The normalized spacial score (nSPS) is 12.6. The minimum atomic E-state index is -3.62. The number of amides is 1. The lowest BCUT2D eigenvalue weighted by atomic mass is 10.1. The SMILES string of the molecule is CNS(=O)(=O)c1cccc(C(=O)NC[C@@H](O)c2ccc(Cl)cc2)c1. The second-order valence-electron chi connectivity index (χ2n) is 5.01. The third kappa shape index (κ3) is 4.55. The van der Waals surface area contributed by atoms with Gasteiger partial charge < -0.3 is 10.4 Å². The summed E-state index contributed by atoms with van der Waals surface area (Å²) in [5.41, 5.74) is 0.806. The van der Waals surface area contributed by atoms with Crippen LogP contribution < -0.4 is 10.0 Å². The van der Waals surface area contributed by atoms with Gasteiger partial charge in [0.2, 0.25) is 10.0 Å². The molecule has 1 atom stereocenters. The number of carbonyl (C=O) groups is 1. The highest BCUT2D eigenvalue weighted by molar-refractivity contribution is 7.89. The second-order valence-corrected chi connectivity index (χ2v) is 7.34. The number of sulfonamides is 1. The number of nitrogens with one attached hydrogen (secondary N) is 2. The first-order valence-electron chi connectivity index (χ1n) is 7.09. The fourth-order valence-electron chi connectivity index (χ4n) is 2.02. The molecule has 2 aromatic carbocycles. The van der Waals surface area contributed by atoms with E-state index in [1.165, 1.54) is 31.3 Å². The number of aliphatic hydroxyl groups excluding tert-OH is 1. The van der Waals surface area contributed by atoms with Crippen LogP contribution >= 0.6 is 11.6 Å². The van der Waals surface area contributed by atoms with Gasteiger partial charge in [0.25, 0.3) is 5.91 Å². The fourth-order valence-corrected chi connectivity index (χ4v) is 2.92. The van der Waals surface area contributed by atoms with Gasteiger partial charge in [0.15, 0.2) is 0 Å². The fraction of sp³-hybridized carbons (Fsp3) is 0.188. The Morgan fingerprint density at radius 2 is 1.88 bits per heavy atom. The molecular weight excluding hydrogens is 352 g/mol. The predicted octanol–water partition coefficient (Wildman–Crippen LogP) is 1.71. The molecule has 0 unspecified atom stereocenters. The number of hydrogen-bond acceptors (Lipinski definition) is 4. The summed E-state index contributed by atoms with van der Waals surface area (Å²) in [5.74, 6) is -0.476. The molecule has 8 heteroatoms. The first-order chi connectivity index (χ1) is 11.3. The Balaban J connectivity index is 2.05. The van der Waals surface area contributed by atoms with Crippen LogP contribution in [-0.2, 0) is 10.0 Å². The Bertz CT molecular complexity index is 822. The third-order valence-corrected chi connectivity index (χ3v) is 5.05. The summed E-state index contributed by atoms with van der Waals surface area (Å²) < 4.78 is 25.7. The van der Waals surface area contributed by atoms with Gasteiger partial charge in [0.05, 0.1) is 11.0 Å². The summed E-state index contributed by atoms with van der Waals surface area (Å²) in [6.45, 7) is -0.0104. The summed E-state index contributed by atoms with van der Waals surface area (Å²) in [5, 5.41) is 13.2. The molecule has 0 aromatic heterocycles. The number of rotatable bonds is 6. The average molecular weight is 369 g/mol. The molecule has 0 spiro atoms. The van der Waals surface area contributed by atoms with Crippen molar-refractivity contribution >= 4 is 27.5 Å². The summed E-state index contributed by atoms with van der Waals surface area (Å²) >= 11 is 5.78. The van der Waals surface area contributed by atoms with Crippen molar-refractivity contribution in [3.05, 3.63) is 64.7 Å². The molecule has 0 heterocycles. The van der Waals surface area contributed by atoms with Crippen molar-refractivity contribution in [2.75, 3.05) is 13.6 Å². The van der Waals surface area contributed by atoms with E-state index in [-0.39, 0.29) is 17.0 Å². The highest BCUT2D eigenvalue weighted by Gasteiger charge is 2.15. The molecule has 0 fully saturated rings. The molecule has 0 aliphatic rings. The van der Waals surface area contributed by atoms with Crippen LogP contribution in [0, 0.1) is 0 Å². The van der Waals surface area contributed by atoms with Crippen LogP contribution in [0.2, 0.25) is 5.02 Å². The van der Waals surface area contributed by atoms with Gasteiger partial charge in [-0.3, -0.25) is 4.79 Å². The predicted molar refractivity (Wildman–Crippen MR) is 91.4 cm³/mol. The van der Waals surface area contributed by atoms with Gasteiger partial charge in [0, 0.05) is 17.1 Å². The van der Waals surface area contributed by atoms with E-state index in [2.05, 4.69) is 10.0 Å². The zero-order valence-electron chi connectivity index (χ0n) is 12.9. The topological polar surface area (TPSA) is 95.5 Å². The summed E-state index contributed by atoms with van der Waals surface area (Å²) in [4.78, 5) is 12.1. The monoisotopic (exact) mass is 368 g/mol. The number of carbonyl (C=O) groups excluding carboxylic acids is 1. The molecule has 0 saturated carbocycles. The van der Waals surface area contributed by atoms with E-state index in [4.69, 9.17) is 11.6 Å². The van der Waals surface area contributed by atoms with Crippen LogP contribution in [-0.4, -0.2) is 33.0 Å². The minimum Gasteiger partial charge on any atom is -0.387 e. The number of benzene rings is 2. The number of halogens is 1. The van der Waals surface area contributed by atoms with Crippen LogP contribution in [0.15, 0.2) is 53.4 Å². The van der Waals surface area contributed by atoms with Gasteiger partial charge in [-0.15, -0.1) is 0 Å². The molecule has 6 nitrogen and oxygen atoms in total. The number of aliphatic hydroxyl groups is 1.